The maximum absolute atomic E-state index is 12.2. The van der Waals surface area contributed by atoms with E-state index in [1.807, 2.05) is 6.07 Å². The molecule has 26 heavy (non-hydrogen) atoms. The molecule has 0 aliphatic heterocycles. The molecule has 1 heterocycles. The van der Waals surface area contributed by atoms with Crippen LogP contribution in [0.15, 0.2) is 35.3 Å². The first-order valence-electron chi connectivity index (χ1n) is 8.17. The van der Waals surface area contributed by atoms with Crippen LogP contribution in [0.25, 0.3) is 6.08 Å². The van der Waals surface area contributed by atoms with E-state index in [1.165, 1.54) is 17.4 Å². The van der Waals surface area contributed by atoms with Crippen molar-refractivity contribution in [1.29, 1.82) is 5.26 Å². The van der Waals surface area contributed by atoms with Crippen molar-refractivity contribution in [3.8, 4) is 17.6 Å². The van der Waals surface area contributed by atoms with Crippen molar-refractivity contribution < 1.29 is 14.3 Å². The fourth-order valence-electron chi connectivity index (χ4n) is 2.06. The van der Waals surface area contributed by atoms with Crippen LogP contribution >= 0.6 is 11.3 Å². The molecular weight excluding hydrogens is 350 g/mol. The van der Waals surface area contributed by atoms with E-state index in [9.17, 15) is 10.1 Å². The molecule has 0 bridgehead atoms. The summed E-state index contributed by atoms with van der Waals surface area (Å²) in [5.41, 5.74) is 0.652. The fraction of sp³-hybridized carbons (Fsp3) is 0.316. The number of ether oxygens (including phenoxy) is 2. The zero-order chi connectivity index (χ0) is 18.9. The van der Waals surface area contributed by atoms with Crippen molar-refractivity contribution in [1.82, 2.24) is 4.98 Å². The van der Waals surface area contributed by atoms with Crippen LogP contribution in [0.3, 0.4) is 0 Å². The number of nitrogens with zero attached hydrogens (tertiary/aromatic N) is 2. The van der Waals surface area contributed by atoms with E-state index in [0.29, 0.717) is 34.7 Å². The van der Waals surface area contributed by atoms with Gasteiger partial charge in [0.05, 0.1) is 13.7 Å². The number of methoxy groups -OCH3 is 1. The van der Waals surface area contributed by atoms with Gasteiger partial charge in [0.2, 0.25) is 0 Å². The minimum absolute atomic E-state index is 0.0178. The third-order valence-electron chi connectivity index (χ3n) is 3.47. The molecule has 1 N–H and O–H groups in total. The van der Waals surface area contributed by atoms with Crippen LogP contribution < -0.4 is 14.8 Å². The summed E-state index contributed by atoms with van der Waals surface area (Å²) < 4.78 is 11.1. The Balaban J connectivity index is 2.14. The molecule has 2 aromatic rings. The Morgan fingerprint density at radius 2 is 2.23 bits per heavy atom. The van der Waals surface area contributed by atoms with E-state index in [-0.39, 0.29) is 5.57 Å². The van der Waals surface area contributed by atoms with Crippen molar-refractivity contribution in [3.05, 3.63) is 40.9 Å². The summed E-state index contributed by atoms with van der Waals surface area (Å²) in [6, 6.07) is 7.21. The molecule has 1 aromatic carbocycles. The highest BCUT2D eigenvalue weighted by molar-refractivity contribution is 7.13. The largest absolute Gasteiger partial charge is 0.493 e. The van der Waals surface area contributed by atoms with E-state index in [2.05, 4.69) is 24.1 Å². The fourth-order valence-corrected chi connectivity index (χ4v) is 2.59. The predicted molar refractivity (Wildman–Crippen MR) is 102 cm³/mol. The Hall–Kier alpha value is -2.85. The average Bonchev–Trinajstić information content (AvgIpc) is 3.13. The number of amides is 1. The number of carbonyl (C=O) groups is 1. The summed E-state index contributed by atoms with van der Waals surface area (Å²) in [5, 5.41) is 14.1. The molecule has 0 saturated carbocycles. The zero-order valence-electron chi connectivity index (χ0n) is 15.0. The second-order valence-corrected chi connectivity index (χ2v) is 6.80. The van der Waals surface area contributed by atoms with Gasteiger partial charge in [0.25, 0.3) is 5.91 Å². The molecule has 0 fully saturated rings. The maximum Gasteiger partial charge on any atom is 0.268 e. The average molecular weight is 371 g/mol. The Morgan fingerprint density at radius 1 is 1.42 bits per heavy atom. The lowest BCUT2D eigenvalue weighted by Crippen LogP contribution is -2.13. The van der Waals surface area contributed by atoms with Crippen LogP contribution in [-0.4, -0.2) is 24.6 Å². The zero-order valence-corrected chi connectivity index (χ0v) is 15.8. The molecule has 7 heteroatoms. The van der Waals surface area contributed by atoms with Gasteiger partial charge in [-0.2, -0.15) is 5.26 Å². The Morgan fingerprint density at radius 3 is 2.85 bits per heavy atom. The van der Waals surface area contributed by atoms with Crippen LogP contribution in [0, 0.1) is 17.2 Å². The topological polar surface area (TPSA) is 84.2 Å². The number of hydrogen-bond donors (Lipinski definition) is 1. The molecule has 0 aliphatic carbocycles. The van der Waals surface area contributed by atoms with E-state index in [1.54, 1.807) is 36.9 Å². The van der Waals surface area contributed by atoms with Gasteiger partial charge in [0, 0.05) is 11.6 Å². The van der Waals surface area contributed by atoms with Gasteiger partial charge in [-0.3, -0.25) is 10.1 Å². The Bertz CT molecular complexity index is 808. The summed E-state index contributed by atoms with van der Waals surface area (Å²) in [4.78, 5) is 16.2. The molecule has 1 aromatic heterocycles. The van der Waals surface area contributed by atoms with E-state index in [0.717, 1.165) is 6.42 Å². The molecule has 6 nitrogen and oxygen atoms in total. The Labute approximate surface area is 157 Å². The number of rotatable bonds is 8. The molecule has 136 valence electrons. The number of nitrogens with one attached hydrogen (secondary N) is 1. The molecule has 0 saturated heterocycles. The molecule has 0 atom stereocenters. The first kappa shape index (κ1) is 19.5. The third-order valence-corrected chi connectivity index (χ3v) is 4.16. The number of anilines is 1. The monoisotopic (exact) mass is 371 g/mol. The molecule has 0 unspecified atom stereocenters. The molecule has 0 spiro atoms. The number of aromatic nitrogens is 1. The van der Waals surface area contributed by atoms with E-state index >= 15 is 0 Å². The summed E-state index contributed by atoms with van der Waals surface area (Å²) in [6.07, 6.45) is 4.03. The van der Waals surface area contributed by atoms with Gasteiger partial charge in [-0.05, 0) is 36.1 Å². The van der Waals surface area contributed by atoms with Crippen LogP contribution in [0.2, 0.25) is 0 Å². The number of nitriles is 1. The lowest BCUT2D eigenvalue weighted by Gasteiger charge is -2.12. The highest BCUT2D eigenvalue weighted by atomic mass is 32.1. The van der Waals surface area contributed by atoms with Gasteiger partial charge in [-0.25, -0.2) is 4.98 Å². The molecule has 0 radical (unpaired) electrons. The lowest BCUT2D eigenvalue weighted by atomic mass is 10.1. The number of benzene rings is 1. The number of thiazole rings is 1. The summed E-state index contributed by atoms with van der Waals surface area (Å²) in [6.45, 7) is 4.87. The van der Waals surface area contributed by atoms with Gasteiger partial charge >= 0.3 is 0 Å². The van der Waals surface area contributed by atoms with Crippen LogP contribution in [-0.2, 0) is 4.79 Å². The highest BCUT2D eigenvalue weighted by Gasteiger charge is 2.12. The lowest BCUT2D eigenvalue weighted by molar-refractivity contribution is -0.112. The van der Waals surface area contributed by atoms with Gasteiger partial charge < -0.3 is 9.47 Å². The highest BCUT2D eigenvalue weighted by Crippen LogP contribution is 2.29. The first-order valence-corrected chi connectivity index (χ1v) is 9.05. The second kappa shape index (κ2) is 9.59. The normalized spacial score (nSPS) is 11.1. The summed E-state index contributed by atoms with van der Waals surface area (Å²) in [7, 11) is 1.55. The van der Waals surface area contributed by atoms with Gasteiger partial charge in [-0.1, -0.05) is 19.9 Å². The predicted octanol–water partition coefficient (Wildman–Crippen LogP) is 4.12. The quantitative estimate of drug-likeness (QED) is 0.557. The van der Waals surface area contributed by atoms with Crippen molar-refractivity contribution >= 4 is 28.5 Å². The van der Waals surface area contributed by atoms with Crippen molar-refractivity contribution in [2.45, 2.75) is 20.3 Å². The van der Waals surface area contributed by atoms with Gasteiger partial charge in [0.1, 0.15) is 11.6 Å². The van der Waals surface area contributed by atoms with Crippen molar-refractivity contribution in [3.63, 3.8) is 0 Å². The van der Waals surface area contributed by atoms with E-state index in [4.69, 9.17) is 9.47 Å². The minimum atomic E-state index is -0.501. The van der Waals surface area contributed by atoms with Crippen molar-refractivity contribution in [2.75, 3.05) is 19.0 Å². The third kappa shape index (κ3) is 5.60. The molecule has 2 rings (SSSR count). The summed E-state index contributed by atoms with van der Waals surface area (Å²) >= 11 is 1.29. The van der Waals surface area contributed by atoms with Crippen molar-refractivity contribution in [2.24, 2.45) is 5.92 Å². The molecular formula is C19H21N3O3S. The Kier molecular flexibility index (Phi) is 7.18. The van der Waals surface area contributed by atoms with Crippen LogP contribution in [0.4, 0.5) is 5.13 Å². The SMILES string of the molecule is COc1cc(/C=C(/C#N)C(=O)Nc2nccs2)ccc1OCCC(C)C. The second-order valence-electron chi connectivity index (χ2n) is 5.90. The molecule has 0 aliphatic rings. The standard InChI is InChI=1S/C19H21N3O3S/c1-13(2)6-8-25-16-5-4-14(11-17(16)24-3)10-15(12-20)18(23)22-19-21-7-9-26-19/h4-5,7,9-11,13H,6,8H2,1-3H3,(H,21,22,23)/b15-10-. The van der Waals surface area contributed by atoms with E-state index < -0.39 is 5.91 Å². The minimum Gasteiger partial charge on any atom is -0.493 e. The number of carbonyl (C=O) groups excluding carboxylic acids is 1. The first-order chi connectivity index (χ1) is 12.5. The van der Waals surface area contributed by atoms with Crippen LogP contribution in [0.1, 0.15) is 25.8 Å². The number of hydrogen-bond acceptors (Lipinski definition) is 6. The van der Waals surface area contributed by atoms with Crippen LogP contribution in [0.5, 0.6) is 11.5 Å². The van der Waals surface area contributed by atoms with Gasteiger partial charge in [0.15, 0.2) is 16.6 Å². The maximum atomic E-state index is 12.2. The van der Waals surface area contributed by atoms with Gasteiger partial charge in [-0.15, -0.1) is 11.3 Å². The smallest absolute Gasteiger partial charge is 0.268 e. The molecule has 1 amide bonds. The summed E-state index contributed by atoms with van der Waals surface area (Å²) in [5.74, 6) is 1.24.